The molecule has 0 aromatic carbocycles. The molecule has 0 unspecified atom stereocenters. The Balaban J connectivity index is 3.32. The van der Waals surface area contributed by atoms with E-state index in [1.807, 2.05) is 0 Å². The summed E-state index contributed by atoms with van der Waals surface area (Å²) in [5.41, 5.74) is -1.20. The lowest BCUT2D eigenvalue weighted by Gasteiger charge is -2.15. The van der Waals surface area contributed by atoms with Crippen LogP contribution in [0.1, 0.15) is 11.3 Å². The number of nitrogens with one attached hydrogen (secondary N) is 1. The fourth-order valence-corrected chi connectivity index (χ4v) is 1.69. The molecule has 0 radical (unpaired) electrons. The summed E-state index contributed by atoms with van der Waals surface area (Å²) in [6.07, 6.45) is -5.71. The standard InChI is InChI=1S/C9H7BrF3NO4/c10-3-5-8(18-9(11,12)13)4(2-7(16)17)1-6(15)14-5/h1H,2-3H2,(H,14,15)(H,16,17). The second kappa shape index (κ2) is 5.42. The summed E-state index contributed by atoms with van der Waals surface area (Å²) >= 11 is 2.89. The van der Waals surface area contributed by atoms with E-state index in [0.717, 1.165) is 6.07 Å². The van der Waals surface area contributed by atoms with Gasteiger partial charge in [-0.25, -0.2) is 0 Å². The van der Waals surface area contributed by atoms with Gasteiger partial charge in [-0.15, -0.1) is 13.2 Å². The molecule has 0 saturated heterocycles. The van der Waals surface area contributed by atoms with Crippen LogP contribution in [-0.2, 0) is 16.5 Å². The molecular formula is C9H7BrF3NO4. The summed E-state index contributed by atoms with van der Waals surface area (Å²) < 4.78 is 40.3. The molecule has 0 spiro atoms. The monoisotopic (exact) mass is 329 g/mol. The van der Waals surface area contributed by atoms with Crippen molar-refractivity contribution in [3.8, 4) is 5.75 Å². The van der Waals surface area contributed by atoms with Gasteiger partial charge in [-0.05, 0) is 0 Å². The molecule has 0 atom stereocenters. The van der Waals surface area contributed by atoms with E-state index in [1.165, 1.54) is 0 Å². The van der Waals surface area contributed by atoms with E-state index < -0.39 is 30.1 Å². The van der Waals surface area contributed by atoms with E-state index in [4.69, 9.17) is 5.11 Å². The van der Waals surface area contributed by atoms with Crippen LogP contribution in [-0.4, -0.2) is 22.4 Å². The van der Waals surface area contributed by atoms with E-state index >= 15 is 0 Å². The number of alkyl halides is 4. The fourth-order valence-electron chi connectivity index (χ4n) is 1.29. The number of carboxylic acid groups (broad SMARTS) is 1. The third-order valence-electron chi connectivity index (χ3n) is 1.84. The van der Waals surface area contributed by atoms with Crippen LogP contribution in [0, 0.1) is 0 Å². The molecule has 18 heavy (non-hydrogen) atoms. The van der Waals surface area contributed by atoms with Gasteiger partial charge in [0.1, 0.15) is 0 Å². The molecule has 0 aliphatic rings. The van der Waals surface area contributed by atoms with Gasteiger partial charge in [0, 0.05) is 17.0 Å². The number of hydrogen-bond acceptors (Lipinski definition) is 3. The maximum atomic E-state index is 12.2. The van der Waals surface area contributed by atoms with Crippen molar-refractivity contribution in [3.63, 3.8) is 0 Å². The third kappa shape index (κ3) is 4.06. The minimum absolute atomic E-state index is 0.110. The lowest BCUT2D eigenvalue weighted by atomic mass is 10.1. The molecule has 1 aromatic heterocycles. The van der Waals surface area contributed by atoms with Crippen molar-refractivity contribution in [1.82, 2.24) is 4.98 Å². The molecule has 1 aromatic rings. The van der Waals surface area contributed by atoms with Crippen molar-refractivity contribution < 1.29 is 27.8 Å². The number of pyridine rings is 1. The number of H-pyrrole nitrogens is 1. The average Bonchev–Trinajstić information content (AvgIpc) is 2.19. The Bertz CT molecular complexity index is 512. The summed E-state index contributed by atoms with van der Waals surface area (Å²) in [5, 5.41) is 8.47. The van der Waals surface area contributed by atoms with Gasteiger partial charge in [0.25, 0.3) is 0 Å². The number of ether oxygens (including phenoxy) is 1. The summed E-state index contributed by atoms with van der Waals surface area (Å²) in [7, 11) is 0. The van der Waals surface area contributed by atoms with E-state index in [2.05, 4.69) is 25.7 Å². The van der Waals surface area contributed by atoms with Crippen molar-refractivity contribution in [3.05, 3.63) is 27.7 Å². The molecule has 0 amide bonds. The number of aliphatic carboxylic acids is 1. The van der Waals surface area contributed by atoms with Gasteiger partial charge >= 0.3 is 12.3 Å². The van der Waals surface area contributed by atoms with Gasteiger partial charge in [0.05, 0.1) is 12.1 Å². The summed E-state index contributed by atoms with van der Waals surface area (Å²) in [5.74, 6) is -2.06. The molecule has 0 aliphatic heterocycles. The highest BCUT2D eigenvalue weighted by Gasteiger charge is 2.33. The first-order valence-electron chi connectivity index (χ1n) is 4.51. The SMILES string of the molecule is O=C(O)Cc1cc(=O)[nH]c(CBr)c1OC(F)(F)F. The Hall–Kier alpha value is -1.51. The molecule has 5 nitrogen and oxygen atoms in total. The molecular weight excluding hydrogens is 323 g/mol. The van der Waals surface area contributed by atoms with Crippen molar-refractivity contribution in [2.45, 2.75) is 18.1 Å². The zero-order valence-electron chi connectivity index (χ0n) is 8.68. The zero-order chi connectivity index (χ0) is 13.9. The molecule has 0 bridgehead atoms. The topological polar surface area (TPSA) is 79.4 Å². The Morgan fingerprint density at radius 3 is 2.56 bits per heavy atom. The third-order valence-corrected chi connectivity index (χ3v) is 2.40. The van der Waals surface area contributed by atoms with Crippen LogP contribution < -0.4 is 10.3 Å². The van der Waals surface area contributed by atoms with Crippen molar-refractivity contribution >= 4 is 21.9 Å². The quantitative estimate of drug-likeness (QED) is 0.825. The van der Waals surface area contributed by atoms with Crippen molar-refractivity contribution in [2.24, 2.45) is 0 Å². The van der Waals surface area contributed by atoms with Gasteiger partial charge in [0.15, 0.2) is 5.75 Å². The maximum Gasteiger partial charge on any atom is 0.573 e. The van der Waals surface area contributed by atoms with Crippen LogP contribution in [0.5, 0.6) is 5.75 Å². The number of rotatable bonds is 4. The van der Waals surface area contributed by atoms with E-state index in [9.17, 15) is 22.8 Å². The molecule has 0 fully saturated rings. The van der Waals surface area contributed by atoms with Crippen LogP contribution in [0.15, 0.2) is 10.9 Å². The predicted octanol–water partition coefficient (Wildman–Crippen LogP) is 1.80. The second-order valence-corrected chi connectivity index (χ2v) is 3.78. The molecule has 0 saturated carbocycles. The lowest BCUT2D eigenvalue weighted by Crippen LogP contribution is -2.22. The molecule has 1 rings (SSSR count). The van der Waals surface area contributed by atoms with Gasteiger partial charge in [-0.3, -0.25) is 9.59 Å². The number of aromatic nitrogens is 1. The van der Waals surface area contributed by atoms with Gasteiger partial charge in [0.2, 0.25) is 5.56 Å². The number of halogens is 4. The van der Waals surface area contributed by atoms with Crippen LogP contribution in [0.2, 0.25) is 0 Å². The highest BCUT2D eigenvalue weighted by Crippen LogP contribution is 2.29. The zero-order valence-corrected chi connectivity index (χ0v) is 10.3. The molecule has 0 aliphatic carbocycles. The smallest absolute Gasteiger partial charge is 0.481 e. The van der Waals surface area contributed by atoms with Gasteiger partial charge < -0.3 is 14.8 Å². The van der Waals surface area contributed by atoms with Crippen molar-refractivity contribution in [1.29, 1.82) is 0 Å². The van der Waals surface area contributed by atoms with E-state index in [0.29, 0.717) is 0 Å². The van der Waals surface area contributed by atoms with Crippen molar-refractivity contribution in [2.75, 3.05) is 0 Å². The minimum atomic E-state index is -4.97. The molecule has 100 valence electrons. The van der Waals surface area contributed by atoms with E-state index in [1.54, 1.807) is 0 Å². The summed E-state index contributed by atoms with van der Waals surface area (Å²) in [6.45, 7) is 0. The Morgan fingerprint density at radius 2 is 2.11 bits per heavy atom. The normalized spacial score (nSPS) is 11.3. The summed E-state index contributed by atoms with van der Waals surface area (Å²) in [6, 6.07) is 0.765. The highest BCUT2D eigenvalue weighted by atomic mass is 79.9. The molecule has 2 N–H and O–H groups in total. The first-order valence-corrected chi connectivity index (χ1v) is 5.63. The Labute approximate surface area is 107 Å². The van der Waals surface area contributed by atoms with E-state index in [-0.39, 0.29) is 16.6 Å². The number of aromatic amines is 1. The first-order chi connectivity index (χ1) is 8.23. The molecule has 9 heteroatoms. The Kier molecular flexibility index (Phi) is 4.38. The van der Waals surface area contributed by atoms with Gasteiger partial charge in [-0.1, -0.05) is 15.9 Å². The maximum absolute atomic E-state index is 12.2. The number of carbonyl (C=O) groups is 1. The van der Waals surface area contributed by atoms with Crippen LogP contribution in [0.3, 0.4) is 0 Å². The van der Waals surface area contributed by atoms with Crippen LogP contribution >= 0.6 is 15.9 Å². The summed E-state index contributed by atoms with van der Waals surface area (Å²) in [4.78, 5) is 23.8. The highest BCUT2D eigenvalue weighted by molar-refractivity contribution is 9.08. The van der Waals surface area contributed by atoms with Crippen LogP contribution in [0.4, 0.5) is 13.2 Å². The number of hydrogen-bond donors (Lipinski definition) is 2. The van der Waals surface area contributed by atoms with Crippen LogP contribution in [0.25, 0.3) is 0 Å². The predicted molar refractivity (Wildman–Crippen MR) is 57.7 cm³/mol. The lowest BCUT2D eigenvalue weighted by molar-refractivity contribution is -0.275. The average molecular weight is 330 g/mol. The van der Waals surface area contributed by atoms with Gasteiger partial charge in [-0.2, -0.15) is 0 Å². The number of carboxylic acids is 1. The first kappa shape index (κ1) is 14.6. The largest absolute Gasteiger partial charge is 0.573 e. The second-order valence-electron chi connectivity index (χ2n) is 3.22. The fraction of sp³-hybridized carbons (Fsp3) is 0.333. The molecule has 1 heterocycles. The Morgan fingerprint density at radius 1 is 1.50 bits per heavy atom. The minimum Gasteiger partial charge on any atom is -0.481 e.